The lowest BCUT2D eigenvalue weighted by Crippen LogP contribution is -2.01. The first kappa shape index (κ1) is 39.0. The van der Waals surface area contributed by atoms with Gasteiger partial charge in [0.1, 0.15) is 0 Å². The maximum absolute atomic E-state index is 4.46. The number of thioether (sulfide) groups is 1. The number of anilines is 2. The van der Waals surface area contributed by atoms with Gasteiger partial charge in [-0.15, -0.1) is 11.8 Å². The highest BCUT2D eigenvalue weighted by Gasteiger charge is 2.20. The molecule has 270 valence electrons. The number of rotatable bonds is 11. The minimum atomic E-state index is 0.955. The number of nitrogens with zero attached hydrogens (tertiary/aromatic N) is 1. The Bertz CT molecular complexity index is 2270. The first-order valence-electron chi connectivity index (χ1n) is 18.5. The van der Waals surface area contributed by atoms with Crippen LogP contribution in [0.4, 0.5) is 11.4 Å². The average molecular weight is 715 g/mol. The third-order valence-corrected chi connectivity index (χ3v) is 10.5. The summed E-state index contributed by atoms with van der Waals surface area (Å²) >= 11 is 1.91. The molecule has 0 saturated heterocycles. The number of benzene rings is 3. The predicted octanol–water partition coefficient (Wildman–Crippen LogP) is 15.3. The van der Waals surface area contributed by atoms with Gasteiger partial charge in [-0.2, -0.15) is 0 Å². The molecule has 1 aliphatic rings. The number of allylic oxidation sites excluding steroid dienone is 14. The van der Waals surface area contributed by atoms with E-state index >= 15 is 0 Å². The van der Waals surface area contributed by atoms with E-state index in [9.17, 15) is 0 Å². The molecule has 3 aromatic carbocycles. The number of hydrogen-bond acceptors (Lipinski definition) is 2. The Morgan fingerprint density at radius 3 is 2.45 bits per heavy atom. The van der Waals surface area contributed by atoms with Gasteiger partial charge in [0.2, 0.25) is 0 Å². The van der Waals surface area contributed by atoms with Crippen LogP contribution in [0.1, 0.15) is 87.9 Å². The molecule has 0 unspecified atom stereocenters. The second-order valence-electron chi connectivity index (χ2n) is 14.1. The Morgan fingerprint density at radius 1 is 0.925 bits per heavy atom. The zero-order valence-corrected chi connectivity index (χ0v) is 33.5. The monoisotopic (exact) mass is 714 g/mol. The molecule has 0 amide bonds. The van der Waals surface area contributed by atoms with Gasteiger partial charge < -0.3 is 9.88 Å². The highest BCUT2D eigenvalue weighted by atomic mass is 32.2. The molecule has 1 N–H and O–H groups in total. The van der Waals surface area contributed by atoms with Crippen molar-refractivity contribution in [2.45, 2.75) is 66.2 Å². The van der Waals surface area contributed by atoms with Gasteiger partial charge in [-0.3, -0.25) is 0 Å². The van der Waals surface area contributed by atoms with Crippen LogP contribution in [-0.4, -0.2) is 10.3 Å². The molecule has 1 aromatic heterocycles. The zero-order chi connectivity index (χ0) is 38.1. The van der Waals surface area contributed by atoms with Crippen molar-refractivity contribution < 1.29 is 0 Å². The van der Waals surface area contributed by atoms with E-state index in [-0.39, 0.29) is 0 Å². The summed E-state index contributed by atoms with van der Waals surface area (Å²) in [5, 5.41) is 5.02. The Hall–Kier alpha value is -5.25. The smallest absolute Gasteiger partial charge is 0.0780 e. The summed E-state index contributed by atoms with van der Waals surface area (Å²) in [5.41, 5.74) is 16.7. The Kier molecular flexibility index (Phi) is 13.2. The van der Waals surface area contributed by atoms with Gasteiger partial charge in [0.15, 0.2) is 0 Å². The molecule has 0 atom stereocenters. The number of aryl methyl sites for hydroxylation is 1. The van der Waals surface area contributed by atoms with Crippen molar-refractivity contribution in [2.75, 3.05) is 11.1 Å². The normalized spacial score (nSPS) is 14.9. The zero-order valence-electron chi connectivity index (χ0n) is 32.6. The molecular weight excluding hydrogens is 661 g/mol. The molecule has 2 nitrogen and oxygen atoms in total. The molecule has 5 rings (SSSR count). The number of hydrogen-bond donors (Lipinski definition) is 1. The summed E-state index contributed by atoms with van der Waals surface area (Å²) in [5.74, 6) is 1.11. The first-order valence-corrected chi connectivity index (χ1v) is 19.5. The standard InChI is InChI=1S/C50H54N2S/c1-11-35(5)23-24-37(7)31-42-25-27-44-46(30-34(3)4)47(12-2)52(50(44)49(42)51-43-22-16-18-36(6)32-43)40(10)21-17-20-38(8)41-26-28-48-45(33-41)39(9)19-14-13-15-29-53-48/h11-12,14,16-28,30-33,51H,2,8-9,13,15,29H2,1,3-7,10H3/b19-14-,20-17-,24-23-,35-11-,37-31+,40-21+. The van der Waals surface area contributed by atoms with Crippen LogP contribution in [0, 0.1) is 6.92 Å². The summed E-state index contributed by atoms with van der Waals surface area (Å²) in [6.45, 7) is 28.1. The Morgan fingerprint density at radius 2 is 1.72 bits per heavy atom. The SMILES string of the molecule is C=Cc1c(C=C(C)C)c2ccc(/C=C(C)/C=C\C(C)=C/C)c(Nc3cccc(C)c3)c2n1/C(C)=C/C=C\C(=C)c1ccc2c(c1)C(=C)/C=C\CCCS2. The van der Waals surface area contributed by atoms with E-state index in [2.05, 4.69) is 193 Å². The summed E-state index contributed by atoms with van der Waals surface area (Å²) in [7, 11) is 0. The van der Waals surface area contributed by atoms with Crippen LogP contribution < -0.4 is 5.32 Å². The summed E-state index contributed by atoms with van der Waals surface area (Å²) in [6.07, 6.45) is 26.0. The van der Waals surface area contributed by atoms with Crippen molar-refractivity contribution in [1.82, 2.24) is 4.57 Å². The van der Waals surface area contributed by atoms with Gasteiger partial charge in [0, 0.05) is 32.8 Å². The van der Waals surface area contributed by atoms with Crippen LogP contribution >= 0.6 is 11.8 Å². The molecule has 0 bridgehead atoms. The maximum atomic E-state index is 4.46. The van der Waals surface area contributed by atoms with Crippen molar-refractivity contribution in [1.29, 1.82) is 0 Å². The quantitative estimate of drug-likeness (QED) is 0.156. The predicted molar refractivity (Wildman–Crippen MR) is 241 cm³/mol. The van der Waals surface area contributed by atoms with Crippen molar-refractivity contribution in [3.8, 4) is 0 Å². The Balaban J connectivity index is 1.66. The van der Waals surface area contributed by atoms with Crippen LogP contribution in [-0.2, 0) is 0 Å². The molecule has 4 aromatic rings. The third-order valence-electron chi connectivity index (χ3n) is 9.38. The van der Waals surface area contributed by atoms with Crippen LogP contribution in [0.5, 0.6) is 0 Å². The van der Waals surface area contributed by atoms with Crippen molar-refractivity contribution in [3.05, 3.63) is 173 Å². The number of fused-ring (bicyclic) bond motifs is 2. The highest BCUT2D eigenvalue weighted by Crippen LogP contribution is 2.40. The second-order valence-corrected chi connectivity index (χ2v) is 15.2. The molecule has 53 heavy (non-hydrogen) atoms. The molecule has 2 heterocycles. The van der Waals surface area contributed by atoms with E-state index in [1.54, 1.807) is 0 Å². The third kappa shape index (κ3) is 9.60. The molecule has 0 spiro atoms. The topological polar surface area (TPSA) is 17.0 Å². The van der Waals surface area contributed by atoms with E-state index in [1.165, 1.54) is 39.2 Å². The van der Waals surface area contributed by atoms with E-state index in [0.29, 0.717) is 0 Å². The second kappa shape index (κ2) is 18.0. The van der Waals surface area contributed by atoms with Gasteiger partial charge in [-0.1, -0.05) is 115 Å². The van der Waals surface area contributed by atoms with Gasteiger partial charge >= 0.3 is 0 Å². The van der Waals surface area contributed by atoms with E-state index in [4.69, 9.17) is 0 Å². The van der Waals surface area contributed by atoms with Gasteiger partial charge in [-0.05, 0) is 137 Å². The fraction of sp³-hybridized carbons (Fsp3) is 0.200. The molecule has 0 fully saturated rings. The fourth-order valence-electron chi connectivity index (χ4n) is 6.49. The van der Waals surface area contributed by atoms with Crippen molar-refractivity contribution in [3.63, 3.8) is 0 Å². The Labute approximate surface area is 322 Å². The lowest BCUT2D eigenvalue weighted by Gasteiger charge is -2.17. The van der Waals surface area contributed by atoms with Gasteiger partial charge in [-0.25, -0.2) is 0 Å². The summed E-state index contributed by atoms with van der Waals surface area (Å²) in [6, 6.07) is 19.7. The molecule has 0 saturated carbocycles. The highest BCUT2D eigenvalue weighted by molar-refractivity contribution is 7.99. The van der Waals surface area contributed by atoms with E-state index < -0.39 is 0 Å². The summed E-state index contributed by atoms with van der Waals surface area (Å²) in [4.78, 5) is 1.28. The lowest BCUT2D eigenvalue weighted by atomic mass is 9.99. The summed E-state index contributed by atoms with van der Waals surface area (Å²) < 4.78 is 2.34. The minimum absolute atomic E-state index is 0.955. The number of nitrogens with one attached hydrogen (secondary N) is 1. The lowest BCUT2D eigenvalue weighted by molar-refractivity contribution is 0.973. The maximum Gasteiger partial charge on any atom is 0.0780 e. The van der Waals surface area contributed by atoms with Gasteiger partial charge in [0.25, 0.3) is 0 Å². The van der Waals surface area contributed by atoms with E-state index in [1.807, 2.05) is 17.8 Å². The minimum Gasteiger partial charge on any atom is -0.353 e. The molecule has 3 heteroatoms. The largest absolute Gasteiger partial charge is 0.353 e. The van der Waals surface area contributed by atoms with Crippen LogP contribution in [0.15, 0.2) is 145 Å². The molecule has 0 aliphatic carbocycles. The van der Waals surface area contributed by atoms with Gasteiger partial charge in [0.05, 0.1) is 16.9 Å². The van der Waals surface area contributed by atoms with Crippen molar-refractivity contribution >= 4 is 69.1 Å². The fourth-order valence-corrected chi connectivity index (χ4v) is 7.53. The molecular formula is C50H54N2S. The van der Waals surface area contributed by atoms with Crippen LogP contribution in [0.3, 0.4) is 0 Å². The number of aromatic nitrogens is 1. The first-order chi connectivity index (χ1) is 25.5. The van der Waals surface area contributed by atoms with Crippen LogP contribution in [0.25, 0.3) is 46.0 Å². The molecule has 0 radical (unpaired) electrons. The average Bonchev–Trinajstić information content (AvgIpc) is 3.48. The van der Waals surface area contributed by atoms with Crippen LogP contribution in [0.2, 0.25) is 0 Å². The molecule has 1 aliphatic heterocycles. The van der Waals surface area contributed by atoms with Crippen molar-refractivity contribution in [2.24, 2.45) is 0 Å². The van der Waals surface area contributed by atoms with E-state index in [0.717, 1.165) is 73.7 Å².